The molecule has 0 aromatic rings. The standard InChI is InChI=1S/C11H14O/c12-11-3-7-5-1-4-6(10(5)11)2-8(11)9(4)7/h4-10,12H,1-3H2/t4-,5+,6+,7-,8-,9+,10+,11-/m0/s1. The summed E-state index contributed by atoms with van der Waals surface area (Å²) < 4.78 is 0. The molecule has 0 aliphatic heterocycles. The lowest BCUT2D eigenvalue weighted by atomic mass is 9.69. The first-order chi connectivity index (χ1) is 5.81. The third-order valence-corrected chi connectivity index (χ3v) is 6.33. The van der Waals surface area contributed by atoms with E-state index in [1.165, 1.54) is 19.3 Å². The van der Waals surface area contributed by atoms with Crippen molar-refractivity contribution in [2.24, 2.45) is 41.4 Å². The van der Waals surface area contributed by atoms with Gasteiger partial charge in [0.2, 0.25) is 0 Å². The highest BCUT2D eigenvalue weighted by Gasteiger charge is 2.82. The van der Waals surface area contributed by atoms with Crippen LogP contribution in [0, 0.1) is 41.4 Å². The Labute approximate surface area is 72.2 Å². The Balaban J connectivity index is 1.93. The average molecular weight is 162 g/mol. The minimum atomic E-state index is -0.127. The Morgan fingerprint density at radius 2 is 1.83 bits per heavy atom. The monoisotopic (exact) mass is 162 g/mol. The Bertz CT molecular complexity index is 297. The van der Waals surface area contributed by atoms with Crippen molar-refractivity contribution < 1.29 is 5.11 Å². The van der Waals surface area contributed by atoms with E-state index in [1.54, 1.807) is 0 Å². The fourth-order valence-corrected chi connectivity index (χ4v) is 6.55. The molecular formula is C11H14O. The van der Waals surface area contributed by atoms with E-state index in [2.05, 4.69) is 0 Å². The van der Waals surface area contributed by atoms with Crippen molar-refractivity contribution in [3.05, 3.63) is 0 Å². The van der Waals surface area contributed by atoms with E-state index < -0.39 is 0 Å². The molecule has 0 saturated heterocycles. The summed E-state index contributed by atoms with van der Waals surface area (Å²) in [5.41, 5.74) is -0.127. The lowest BCUT2D eigenvalue weighted by Gasteiger charge is -2.39. The van der Waals surface area contributed by atoms with E-state index in [0.29, 0.717) is 0 Å². The number of rotatable bonds is 0. The third-order valence-electron chi connectivity index (χ3n) is 6.33. The molecule has 8 atom stereocenters. The molecule has 6 aliphatic carbocycles. The molecule has 6 rings (SSSR count). The summed E-state index contributed by atoms with van der Waals surface area (Å²) in [4.78, 5) is 0. The van der Waals surface area contributed by atoms with Crippen LogP contribution in [0.25, 0.3) is 0 Å². The van der Waals surface area contributed by atoms with Gasteiger partial charge in [0.25, 0.3) is 0 Å². The molecule has 1 nitrogen and oxygen atoms in total. The summed E-state index contributed by atoms with van der Waals surface area (Å²) in [6.07, 6.45) is 4.11. The molecule has 1 heteroatoms. The van der Waals surface area contributed by atoms with E-state index >= 15 is 0 Å². The van der Waals surface area contributed by atoms with Gasteiger partial charge in [-0.25, -0.2) is 0 Å². The first-order valence-electron chi connectivity index (χ1n) is 5.53. The van der Waals surface area contributed by atoms with Gasteiger partial charge in [-0.3, -0.25) is 0 Å². The summed E-state index contributed by atoms with van der Waals surface area (Å²) in [5, 5.41) is 10.5. The van der Waals surface area contributed by atoms with Crippen molar-refractivity contribution in [2.75, 3.05) is 0 Å². The summed E-state index contributed by atoms with van der Waals surface area (Å²) in [6.45, 7) is 0. The lowest BCUT2D eigenvalue weighted by Crippen LogP contribution is -2.43. The molecule has 0 aromatic heterocycles. The van der Waals surface area contributed by atoms with E-state index in [1.807, 2.05) is 0 Å². The van der Waals surface area contributed by atoms with Crippen LogP contribution in [0.1, 0.15) is 19.3 Å². The average Bonchev–Trinajstić information content (AvgIpc) is 2.55. The van der Waals surface area contributed by atoms with Gasteiger partial charge in [0, 0.05) is 0 Å². The van der Waals surface area contributed by atoms with Gasteiger partial charge < -0.3 is 5.11 Å². The molecule has 1 N–H and O–H groups in total. The molecular weight excluding hydrogens is 148 g/mol. The van der Waals surface area contributed by atoms with Gasteiger partial charge in [0.05, 0.1) is 5.60 Å². The second-order valence-corrected chi connectivity index (χ2v) is 6.03. The van der Waals surface area contributed by atoms with E-state index in [4.69, 9.17) is 0 Å². The van der Waals surface area contributed by atoms with Crippen molar-refractivity contribution >= 4 is 0 Å². The van der Waals surface area contributed by atoms with Gasteiger partial charge in [-0.15, -0.1) is 0 Å². The van der Waals surface area contributed by atoms with E-state index in [9.17, 15) is 5.11 Å². The Morgan fingerprint density at radius 1 is 1.00 bits per heavy atom. The molecule has 6 saturated carbocycles. The first-order valence-corrected chi connectivity index (χ1v) is 5.53. The predicted octanol–water partition coefficient (Wildman–Crippen LogP) is 1.27. The normalized spacial score (nSPS) is 85.2. The molecule has 0 amide bonds. The van der Waals surface area contributed by atoms with Crippen LogP contribution in [-0.2, 0) is 0 Å². The molecule has 0 aromatic carbocycles. The third kappa shape index (κ3) is 0.285. The molecule has 0 unspecified atom stereocenters. The zero-order chi connectivity index (χ0) is 7.66. The molecule has 6 fully saturated rings. The highest BCUT2D eigenvalue weighted by atomic mass is 16.3. The Hall–Kier alpha value is -0.0400. The van der Waals surface area contributed by atoms with Gasteiger partial charge in [-0.05, 0) is 60.7 Å². The second-order valence-electron chi connectivity index (χ2n) is 6.03. The van der Waals surface area contributed by atoms with Gasteiger partial charge in [0.15, 0.2) is 0 Å². The van der Waals surface area contributed by atoms with Crippen molar-refractivity contribution in [1.82, 2.24) is 0 Å². The fraction of sp³-hybridized carbons (Fsp3) is 1.00. The van der Waals surface area contributed by atoms with E-state index in [0.717, 1.165) is 41.4 Å². The van der Waals surface area contributed by atoms with Crippen LogP contribution in [0.5, 0.6) is 0 Å². The Kier molecular flexibility index (Phi) is 0.569. The van der Waals surface area contributed by atoms with Crippen molar-refractivity contribution in [3.63, 3.8) is 0 Å². The topological polar surface area (TPSA) is 20.2 Å². The zero-order valence-corrected chi connectivity index (χ0v) is 7.11. The van der Waals surface area contributed by atoms with Gasteiger partial charge in [-0.2, -0.15) is 0 Å². The van der Waals surface area contributed by atoms with Crippen LogP contribution in [0.3, 0.4) is 0 Å². The predicted molar refractivity (Wildman–Crippen MR) is 43.2 cm³/mol. The molecule has 64 valence electrons. The molecule has 0 spiro atoms. The van der Waals surface area contributed by atoms with Crippen LogP contribution in [-0.4, -0.2) is 10.7 Å². The van der Waals surface area contributed by atoms with Gasteiger partial charge in [-0.1, -0.05) is 0 Å². The van der Waals surface area contributed by atoms with Crippen molar-refractivity contribution in [3.8, 4) is 0 Å². The summed E-state index contributed by atoms with van der Waals surface area (Å²) in [5.74, 6) is 6.56. The number of hydrogen-bond acceptors (Lipinski definition) is 1. The quantitative estimate of drug-likeness (QED) is 0.568. The minimum absolute atomic E-state index is 0.127. The lowest BCUT2D eigenvalue weighted by molar-refractivity contribution is -0.0539. The van der Waals surface area contributed by atoms with Crippen LogP contribution >= 0.6 is 0 Å². The summed E-state index contributed by atoms with van der Waals surface area (Å²) in [7, 11) is 0. The van der Waals surface area contributed by atoms with Crippen LogP contribution in [0.2, 0.25) is 0 Å². The van der Waals surface area contributed by atoms with E-state index in [-0.39, 0.29) is 5.60 Å². The molecule has 0 heterocycles. The molecule has 12 heavy (non-hydrogen) atoms. The van der Waals surface area contributed by atoms with Gasteiger partial charge in [0.1, 0.15) is 0 Å². The maximum absolute atomic E-state index is 10.5. The highest BCUT2D eigenvalue weighted by Crippen LogP contribution is 2.83. The van der Waals surface area contributed by atoms with Crippen LogP contribution in [0.15, 0.2) is 0 Å². The second kappa shape index (κ2) is 1.21. The maximum Gasteiger partial charge on any atom is 0.0715 e. The Morgan fingerprint density at radius 3 is 2.67 bits per heavy atom. The van der Waals surface area contributed by atoms with Gasteiger partial charge >= 0.3 is 0 Å². The molecule has 6 aliphatic rings. The zero-order valence-electron chi connectivity index (χ0n) is 7.11. The SMILES string of the molecule is O[C@@]12C[C@H]3[C@H]4C[C@H]5[C@@H](C[C@H]1[C@H]53)[C@@H]42. The summed E-state index contributed by atoms with van der Waals surface area (Å²) >= 11 is 0. The minimum Gasteiger partial charge on any atom is -0.389 e. The first kappa shape index (κ1) is 5.64. The highest BCUT2D eigenvalue weighted by molar-refractivity contribution is 5.31. The van der Waals surface area contributed by atoms with Crippen molar-refractivity contribution in [1.29, 1.82) is 0 Å². The summed E-state index contributed by atoms with van der Waals surface area (Å²) in [6, 6.07) is 0. The number of hydrogen-bond donors (Lipinski definition) is 1. The van der Waals surface area contributed by atoms with Crippen molar-refractivity contribution in [2.45, 2.75) is 24.9 Å². The molecule has 6 bridgehead atoms. The molecule has 0 radical (unpaired) electrons. The maximum atomic E-state index is 10.5. The largest absolute Gasteiger partial charge is 0.389 e. The number of aliphatic hydroxyl groups is 1. The van der Waals surface area contributed by atoms with Crippen LogP contribution < -0.4 is 0 Å². The van der Waals surface area contributed by atoms with Crippen LogP contribution in [0.4, 0.5) is 0 Å². The smallest absolute Gasteiger partial charge is 0.0715 e. The fourth-order valence-electron chi connectivity index (χ4n) is 6.55.